The van der Waals surface area contributed by atoms with E-state index >= 15 is 0 Å². The molecule has 0 saturated carbocycles. The van der Waals surface area contributed by atoms with Gasteiger partial charge in [-0.15, -0.1) is 0 Å². The molecule has 31 heavy (non-hydrogen) atoms. The second kappa shape index (κ2) is 10.3. The average Bonchev–Trinajstić information content (AvgIpc) is 3.09. The van der Waals surface area contributed by atoms with Gasteiger partial charge in [0.2, 0.25) is 0 Å². The highest BCUT2D eigenvalue weighted by Crippen LogP contribution is 2.44. The van der Waals surface area contributed by atoms with E-state index in [-0.39, 0.29) is 32.1 Å². The maximum Gasteiger partial charge on any atom is 0.408 e. The summed E-state index contributed by atoms with van der Waals surface area (Å²) in [5.41, 5.74) is 4.46. The van der Waals surface area contributed by atoms with E-state index < -0.39 is 24.2 Å². The quantitative estimate of drug-likeness (QED) is 0.533. The van der Waals surface area contributed by atoms with E-state index in [1.165, 1.54) is 6.08 Å². The fraction of sp³-hybridized carbons (Fsp3) is 0.261. The number of nitrogens with one attached hydrogen (secondary N) is 2. The lowest BCUT2D eigenvalue weighted by atomic mass is 9.98. The molecule has 0 unspecified atom stereocenters. The first-order valence-electron chi connectivity index (χ1n) is 9.87. The summed E-state index contributed by atoms with van der Waals surface area (Å²) in [6.07, 6.45) is -0.176. The number of carboxylic acid groups (broad SMARTS) is 1. The van der Waals surface area contributed by atoms with Crippen molar-refractivity contribution in [2.24, 2.45) is 0 Å². The van der Waals surface area contributed by atoms with Crippen LogP contribution in [0.1, 0.15) is 23.5 Å². The van der Waals surface area contributed by atoms with Crippen LogP contribution in [0.5, 0.6) is 0 Å². The van der Waals surface area contributed by atoms with Crippen LogP contribution in [-0.4, -0.2) is 49.1 Å². The molecule has 3 N–H and O–H groups in total. The summed E-state index contributed by atoms with van der Waals surface area (Å²) in [6, 6.07) is 14.8. The van der Waals surface area contributed by atoms with Crippen molar-refractivity contribution in [2.45, 2.75) is 18.4 Å². The third-order valence-electron chi connectivity index (χ3n) is 4.97. The van der Waals surface area contributed by atoms with Crippen molar-refractivity contribution in [3.63, 3.8) is 0 Å². The second-order valence-corrected chi connectivity index (χ2v) is 6.96. The summed E-state index contributed by atoms with van der Waals surface area (Å²) < 4.78 is 10.1. The Morgan fingerprint density at radius 1 is 1.00 bits per heavy atom. The van der Waals surface area contributed by atoms with Crippen molar-refractivity contribution >= 4 is 18.2 Å². The summed E-state index contributed by atoms with van der Waals surface area (Å²) in [6.45, 7) is 3.54. The molecule has 0 aliphatic heterocycles. The van der Waals surface area contributed by atoms with E-state index in [4.69, 9.17) is 9.47 Å². The minimum atomic E-state index is -1.23. The number of alkyl carbamates (subject to hydrolysis) is 2. The molecule has 2 aromatic rings. The zero-order chi connectivity index (χ0) is 22.2. The van der Waals surface area contributed by atoms with Crippen LogP contribution in [0.3, 0.4) is 0 Å². The molecule has 0 radical (unpaired) electrons. The molecule has 1 aliphatic rings. The first kappa shape index (κ1) is 21.9. The molecule has 1 atom stereocenters. The Balaban J connectivity index is 1.50. The van der Waals surface area contributed by atoms with Crippen molar-refractivity contribution in [1.29, 1.82) is 0 Å². The summed E-state index contributed by atoms with van der Waals surface area (Å²) in [5, 5.41) is 14.0. The molecule has 1 aliphatic carbocycles. The van der Waals surface area contributed by atoms with Gasteiger partial charge in [-0.1, -0.05) is 61.2 Å². The van der Waals surface area contributed by atoms with Gasteiger partial charge >= 0.3 is 18.2 Å². The van der Waals surface area contributed by atoms with Crippen LogP contribution >= 0.6 is 0 Å². The highest BCUT2D eigenvalue weighted by molar-refractivity contribution is 5.80. The summed E-state index contributed by atoms with van der Waals surface area (Å²) >= 11 is 0. The minimum absolute atomic E-state index is 0.00930. The molecule has 2 amide bonds. The van der Waals surface area contributed by atoms with Crippen LogP contribution in [0.4, 0.5) is 9.59 Å². The number of benzene rings is 2. The van der Waals surface area contributed by atoms with E-state index in [1.807, 2.05) is 48.5 Å². The number of amides is 2. The van der Waals surface area contributed by atoms with Crippen molar-refractivity contribution in [1.82, 2.24) is 10.6 Å². The largest absolute Gasteiger partial charge is 0.480 e. The molecular weight excluding hydrogens is 400 g/mol. The Labute approximate surface area is 179 Å². The van der Waals surface area contributed by atoms with Gasteiger partial charge in [0.05, 0.1) is 0 Å². The van der Waals surface area contributed by atoms with Gasteiger partial charge in [0.25, 0.3) is 0 Å². The predicted octanol–water partition coefficient (Wildman–Crippen LogP) is 3.28. The third-order valence-corrected chi connectivity index (χ3v) is 4.97. The molecule has 8 nitrogen and oxygen atoms in total. The standard InChI is InChI=1S/C23H24N2O6/c1-2-13-30-23(29)25-20(21(26)27)11-12-24-22(28)31-14-19-17-9-5-3-7-15(17)16-8-4-6-10-18(16)19/h2-10,19-20H,1,11-14H2,(H,24,28)(H,25,29)(H,26,27)/t20-/m1/s1. The lowest BCUT2D eigenvalue weighted by Crippen LogP contribution is -2.43. The van der Waals surface area contributed by atoms with Gasteiger partial charge in [-0.3, -0.25) is 0 Å². The molecular formula is C23H24N2O6. The van der Waals surface area contributed by atoms with E-state index in [2.05, 4.69) is 17.2 Å². The molecule has 2 aromatic carbocycles. The van der Waals surface area contributed by atoms with Crippen molar-refractivity contribution in [3.8, 4) is 11.1 Å². The average molecular weight is 424 g/mol. The van der Waals surface area contributed by atoms with Crippen LogP contribution in [0, 0.1) is 0 Å². The van der Waals surface area contributed by atoms with Crippen LogP contribution in [0.25, 0.3) is 11.1 Å². The first-order valence-corrected chi connectivity index (χ1v) is 9.87. The number of ether oxygens (including phenoxy) is 2. The monoisotopic (exact) mass is 424 g/mol. The number of aliphatic carboxylic acids is 1. The van der Waals surface area contributed by atoms with Crippen LogP contribution in [-0.2, 0) is 14.3 Å². The number of carbonyl (C=O) groups excluding carboxylic acids is 2. The maximum atomic E-state index is 12.1. The highest BCUT2D eigenvalue weighted by Gasteiger charge is 2.29. The van der Waals surface area contributed by atoms with Crippen molar-refractivity contribution in [2.75, 3.05) is 19.8 Å². The molecule has 0 spiro atoms. The lowest BCUT2D eigenvalue weighted by Gasteiger charge is -2.16. The smallest absolute Gasteiger partial charge is 0.408 e. The van der Waals surface area contributed by atoms with Crippen LogP contribution < -0.4 is 10.6 Å². The molecule has 8 heteroatoms. The van der Waals surface area contributed by atoms with Gasteiger partial charge in [-0.05, 0) is 28.7 Å². The fourth-order valence-electron chi connectivity index (χ4n) is 3.54. The highest BCUT2D eigenvalue weighted by atomic mass is 16.6. The lowest BCUT2D eigenvalue weighted by molar-refractivity contribution is -0.139. The predicted molar refractivity (Wildman–Crippen MR) is 114 cm³/mol. The number of carbonyl (C=O) groups is 3. The Bertz CT molecular complexity index is 929. The van der Waals surface area contributed by atoms with Crippen molar-refractivity contribution in [3.05, 3.63) is 72.3 Å². The number of hydrogen-bond acceptors (Lipinski definition) is 5. The zero-order valence-corrected chi connectivity index (χ0v) is 16.9. The number of carboxylic acids is 1. The maximum absolute atomic E-state index is 12.1. The normalized spacial score (nSPS) is 12.8. The third kappa shape index (κ3) is 5.42. The van der Waals surface area contributed by atoms with Gasteiger partial charge in [-0.2, -0.15) is 0 Å². The van der Waals surface area contributed by atoms with Crippen LogP contribution in [0.15, 0.2) is 61.2 Å². The summed E-state index contributed by atoms with van der Waals surface area (Å²) in [5.74, 6) is -1.30. The Kier molecular flexibility index (Phi) is 7.26. The summed E-state index contributed by atoms with van der Waals surface area (Å²) in [4.78, 5) is 34.9. The number of rotatable bonds is 9. The molecule has 0 heterocycles. The molecule has 0 aromatic heterocycles. The molecule has 162 valence electrons. The SMILES string of the molecule is C=CCOC(=O)N[C@H](CCNC(=O)OCC1c2ccccc2-c2ccccc21)C(=O)O. The molecule has 0 fully saturated rings. The zero-order valence-electron chi connectivity index (χ0n) is 16.9. The Hall–Kier alpha value is -3.81. The van der Waals surface area contributed by atoms with Gasteiger partial charge in [0.15, 0.2) is 0 Å². The first-order chi connectivity index (χ1) is 15.0. The number of hydrogen-bond donors (Lipinski definition) is 3. The molecule has 0 saturated heterocycles. The van der Waals surface area contributed by atoms with Gasteiger partial charge in [0, 0.05) is 12.5 Å². The minimum Gasteiger partial charge on any atom is -0.480 e. The van der Waals surface area contributed by atoms with Crippen molar-refractivity contribution < 1.29 is 29.0 Å². The van der Waals surface area contributed by atoms with E-state index in [0.717, 1.165) is 22.3 Å². The van der Waals surface area contributed by atoms with E-state index in [0.29, 0.717) is 0 Å². The number of fused-ring (bicyclic) bond motifs is 3. The van der Waals surface area contributed by atoms with Crippen LogP contribution in [0.2, 0.25) is 0 Å². The Morgan fingerprint density at radius 3 is 2.19 bits per heavy atom. The fourth-order valence-corrected chi connectivity index (χ4v) is 3.54. The molecule has 0 bridgehead atoms. The second-order valence-electron chi connectivity index (χ2n) is 6.96. The summed E-state index contributed by atoms with van der Waals surface area (Å²) in [7, 11) is 0. The van der Waals surface area contributed by atoms with E-state index in [9.17, 15) is 19.5 Å². The van der Waals surface area contributed by atoms with Gasteiger partial charge in [-0.25, -0.2) is 14.4 Å². The van der Waals surface area contributed by atoms with Gasteiger partial charge < -0.3 is 25.2 Å². The molecule has 3 rings (SSSR count). The Morgan fingerprint density at radius 2 is 1.61 bits per heavy atom. The topological polar surface area (TPSA) is 114 Å². The van der Waals surface area contributed by atoms with Gasteiger partial charge in [0.1, 0.15) is 19.3 Å². The van der Waals surface area contributed by atoms with E-state index in [1.54, 1.807) is 0 Å².